The maximum Gasteiger partial charge on any atom is 0.259 e. The number of carbonyl (C=O) groups is 1. The van der Waals surface area contributed by atoms with Crippen molar-refractivity contribution in [1.82, 2.24) is 19.5 Å². The number of nitrogens with one attached hydrogen (secondary N) is 2. The first-order valence-electron chi connectivity index (χ1n) is 7.79. The molecule has 0 unspecified atom stereocenters. The lowest BCUT2D eigenvalue weighted by molar-refractivity contribution is -0.116. The van der Waals surface area contributed by atoms with Crippen LogP contribution >= 0.6 is 11.3 Å². The Morgan fingerprint density at radius 1 is 1.42 bits per heavy atom. The molecule has 0 bridgehead atoms. The summed E-state index contributed by atoms with van der Waals surface area (Å²) in [4.78, 5) is 37.5. The molecule has 0 fully saturated rings. The van der Waals surface area contributed by atoms with Crippen molar-refractivity contribution in [2.45, 2.75) is 40.2 Å². The first-order chi connectivity index (χ1) is 11.5. The van der Waals surface area contributed by atoms with E-state index in [-0.39, 0.29) is 17.9 Å². The van der Waals surface area contributed by atoms with Gasteiger partial charge in [-0.2, -0.15) is 0 Å². The molecule has 0 saturated heterocycles. The average Bonchev–Trinajstić information content (AvgIpc) is 3.10. The molecule has 1 amide bonds. The van der Waals surface area contributed by atoms with E-state index in [2.05, 4.69) is 20.3 Å². The molecule has 0 aliphatic heterocycles. The number of amides is 1. The Bertz CT molecular complexity index is 953. The number of imidazole rings is 1. The van der Waals surface area contributed by atoms with Gasteiger partial charge in [0, 0.05) is 36.7 Å². The third kappa shape index (κ3) is 3.09. The number of aromatic amines is 1. The Morgan fingerprint density at radius 3 is 2.96 bits per heavy atom. The number of H-pyrrole nitrogens is 1. The van der Waals surface area contributed by atoms with E-state index in [0.29, 0.717) is 23.6 Å². The first kappa shape index (κ1) is 16.4. The average molecular weight is 345 g/mol. The predicted octanol–water partition coefficient (Wildman–Crippen LogP) is 2.39. The lowest BCUT2D eigenvalue weighted by Crippen LogP contribution is -2.18. The smallest absolute Gasteiger partial charge is 0.259 e. The van der Waals surface area contributed by atoms with Crippen LogP contribution in [0.1, 0.15) is 29.6 Å². The third-order valence-corrected chi connectivity index (χ3v) is 5.09. The fourth-order valence-corrected chi connectivity index (χ4v) is 3.57. The Kier molecular flexibility index (Phi) is 4.48. The van der Waals surface area contributed by atoms with Crippen LogP contribution in [0.5, 0.6) is 0 Å². The number of hydrogen-bond donors (Lipinski definition) is 2. The van der Waals surface area contributed by atoms with Crippen LogP contribution in [0.25, 0.3) is 10.2 Å². The minimum atomic E-state index is -0.155. The molecule has 7 nitrogen and oxygen atoms in total. The van der Waals surface area contributed by atoms with Gasteiger partial charge in [-0.25, -0.2) is 9.97 Å². The number of aromatic nitrogens is 4. The molecule has 24 heavy (non-hydrogen) atoms. The van der Waals surface area contributed by atoms with Gasteiger partial charge in [-0.05, 0) is 26.3 Å². The van der Waals surface area contributed by atoms with Crippen LogP contribution in [0.2, 0.25) is 0 Å². The van der Waals surface area contributed by atoms with Gasteiger partial charge < -0.3 is 9.55 Å². The van der Waals surface area contributed by atoms with Crippen molar-refractivity contribution in [2.75, 3.05) is 5.32 Å². The molecule has 0 radical (unpaired) electrons. The summed E-state index contributed by atoms with van der Waals surface area (Å²) in [5.74, 6) is 0.906. The van der Waals surface area contributed by atoms with E-state index >= 15 is 0 Å². The molecule has 2 N–H and O–H groups in total. The van der Waals surface area contributed by atoms with E-state index < -0.39 is 0 Å². The summed E-state index contributed by atoms with van der Waals surface area (Å²) in [6.07, 6.45) is 4.06. The SMILES string of the molecule is CCn1ccnc1NC(=O)CCc1nc2sc(C)c(C)c2c(=O)[nH]1. The lowest BCUT2D eigenvalue weighted by Gasteiger charge is -2.06. The highest BCUT2D eigenvalue weighted by molar-refractivity contribution is 7.18. The summed E-state index contributed by atoms with van der Waals surface area (Å²) < 4.78 is 1.85. The summed E-state index contributed by atoms with van der Waals surface area (Å²) >= 11 is 1.51. The van der Waals surface area contributed by atoms with E-state index in [1.807, 2.05) is 31.5 Å². The number of fused-ring (bicyclic) bond motifs is 1. The third-order valence-electron chi connectivity index (χ3n) is 3.98. The Hall–Kier alpha value is -2.48. The van der Waals surface area contributed by atoms with Crippen molar-refractivity contribution >= 4 is 33.4 Å². The number of rotatable bonds is 5. The molecular formula is C16H19N5O2S. The predicted molar refractivity (Wildman–Crippen MR) is 94.6 cm³/mol. The summed E-state index contributed by atoms with van der Waals surface area (Å²) in [6, 6.07) is 0. The number of carbonyl (C=O) groups excluding carboxylic acids is 1. The van der Waals surface area contributed by atoms with E-state index in [0.717, 1.165) is 21.8 Å². The molecule has 0 aliphatic rings. The van der Waals surface area contributed by atoms with Crippen molar-refractivity contribution in [3.05, 3.63) is 39.0 Å². The van der Waals surface area contributed by atoms with Gasteiger partial charge in [0.05, 0.1) is 5.39 Å². The molecule has 3 aromatic heterocycles. The van der Waals surface area contributed by atoms with Crippen LogP contribution in [0.4, 0.5) is 5.95 Å². The van der Waals surface area contributed by atoms with Gasteiger partial charge in [0.25, 0.3) is 5.56 Å². The number of nitrogens with zero attached hydrogens (tertiary/aromatic N) is 3. The standard InChI is InChI=1S/C16H19N5O2S/c1-4-21-8-7-17-16(21)20-12(22)6-5-11-18-14(23)13-9(2)10(3)24-15(13)19-11/h7-8H,4-6H2,1-3H3,(H,17,20,22)(H,18,19,23). The fourth-order valence-electron chi connectivity index (χ4n) is 2.53. The van der Waals surface area contributed by atoms with E-state index in [9.17, 15) is 9.59 Å². The van der Waals surface area contributed by atoms with E-state index in [1.165, 1.54) is 11.3 Å². The highest BCUT2D eigenvalue weighted by Crippen LogP contribution is 2.25. The second kappa shape index (κ2) is 6.56. The Morgan fingerprint density at radius 2 is 2.21 bits per heavy atom. The molecule has 3 heterocycles. The number of anilines is 1. The first-order valence-corrected chi connectivity index (χ1v) is 8.61. The largest absolute Gasteiger partial charge is 0.317 e. The van der Waals surface area contributed by atoms with Crippen LogP contribution < -0.4 is 10.9 Å². The lowest BCUT2D eigenvalue weighted by atomic mass is 10.2. The van der Waals surface area contributed by atoms with Crippen LogP contribution in [-0.2, 0) is 17.8 Å². The van der Waals surface area contributed by atoms with Crippen molar-refractivity contribution in [1.29, 1.82) is 0 Å². The van der Waals surface area contributed by atoms with Gasteiger partial charge in [-0.3, -0.25) is 14.9 Å². The molecule has 0 aromatic carbocycles. The highest BCUT2D eigenvalue weighted by atomic mass is 32.1. The summed E-state index contributed by atoms with van der Waals surface area (Å²) in [5, 5.41) is 3.42. The number of hydrogen-bond acceptors (Lipinski definition) is 5. The van der Waals surface area contributed by atoms with E-state index in [4.69, 9.17) is 0 Å². The molecular weight excluding hydrogens is 326 g/mol. The van der Waals surface area contributed by atoms with Crippen molar-refractivity contribution < 1.29 is 4.79 Å². The number of aryl methyl sites for hydroxylation is 4. The molecule has 3 aromatic rings. The van der Waals surface area contributed by atoms with Gasteiger partial charge >= 0.3 is 0 Å². The van der Waals surface area contributed by atoms with Gasteiger partial charge in [0.1, 0.15) is 10.7 Å². The summed E-state index contributed by atoms with van der Waals surface area (Å²) in [7, 11) is 0. The van der Waals surface area contributed by atoms with Gasteiger partial charge in [-0.15, -0.1) is 11.3 Å². The van der Waals surface area contributed by atoms with Crippen LogP contribution in [0.15, 0.2) is 17.2 Å². The van der Waals surface area contributed by atoms with Crippen molar-refractivity contribution in [3.63, 3.8) is 0 Å². The summed E-state index contributed by atoms with van der Waals surface area (Å²) in [5.41, 5.74) is 0.832. The van der Waals surface area contributed by atoms with Crippen molar-refractivity contribution in [3.8, 4) is 0 Å². The maximum atomic E-state index is 12.2. The Labute approximate surface area is 142 Å². The highest BCUT2D eigenvalue weighted by Gasteiger charge is 2.13. The molecule has 0 aliphatic carbocycles. The van der Waals surface area contributed by atoms with Gasteiger partial charge in [0.2, 0.25) is 11.9 Å². The second-order valence-corrected chi connectivity index (χ2v) is 6.76. The second-order valence-electron chi connectivity index (χ2n) is 5.56. The topological polar surface area (TPSA) is 92.7 Å². The molecule has 8 heteroatoms. The zero-order valence-electron chi connectivity index (χ0n) is 13.8. The zero-order chi connectivity index (χ0) is 17.3. The summed E-state index contributed by atoms with van der Waals surface area (Å²) in [6.45, 7) is 6.61. The minimum Gasteiger partial charge on any atom is -0.317 e. The quantitative estimate of drug-likeness (QED) is 0.742. The van der Waals surface area contributed by atoms with Crippen LogP contribution in [-0.4, -0.2) is 25.4 Å². The molecule has 0 saturated carbocycles. The molecule has 3 rings (SSSR count). The van der Waals surface area contributed by atoms with Crippen molar-refractivity contribution in [2.24, 2.45) is 0 Å². The molecule has 0 atom stereocenters. The van der Waals surface area contributed by atoms with Gasteiger partial charge in [-0.1, -0.05) is 0 Å². The van der Waals surface area contributed by atoms with Gasteiger partial charge in [0.15, 0.2) is 0 Å². The maximum absolute atomic E-state index is 12.2. The monoisotopic (exact) mass is 345 g/mol. The fraction of sp³-hybridized carbons (Fsp3) is 0.375. The zero-order valence-corrected chi connectivity index (χ0v) is 14.7. The number of thiophene rings is 1. The van der Waals surface area contributed by atoms with E-state index in [1.54, 1.807) is 6.20 Å². The normalized spacial score (nSPS) is 11.1. The molecule has 126 valence electrons. The minimum absolute atomic E-state index is 0.140. The van der Waals surface area contributed by atoms with Crippen LogP contribution in [0.3, 0.4) is 0 Å². The van der Waals surface area contributed by atoms with Crippen LogP contribution in [0, 0.1) is 13.8 Å². The molecule has 0 spiro atoms. The Balaban J connectivity index is 1.71.